The van der Waals surface area contributed by atoms with Crippen molar-refractivity contribution in [2.75, 3.05) is 31.1 Å². The Balaban J connectivity index is 1.51. The Morgan fingerprint density at radius 2 is 1.88 bits per heavy atom. The molecule has 0 bridgehead atoms. The molecule has 0 aliphatic carbocycles. The van der Waals surface area contributed by atoms with E-state index in [-0.39, 0.29) is 5.91 Å². The number of furan rings is 1. The summed E-state index contributed by atoms with van der Waals surface area (Å²) in [5.41, 5.74) is 2.73. The highest BCUT2D eigenvalue weighted by Crippen LogP contribution is 2.29. The lowest BCUT2D eigenvalue weighted by Crippen LogP contribution is -2.48. The zero-order valence-corrected chi connectivity index (χ0v) is 16.7. The molecular weight excluding hydrogens is 416 g/mol. The Bertz CT molecular complexity index is 977. The fourth-order valence-corrected chi connectivity index (χ4v) is 3.93. The minimum absolute atomic E-state index is 0.0411. The van der Waals surface area contributed by atoms with Crippen LogP contribution in [0.5, 0.6) is 0 Å². The number of anilines is 1. The van der Waals surface area contributed by atoms with Crippen molar-refractivity contribution in [3.8, 4) is 0 Å². The molecule has 3 aromatic rings. The van der Waals surface area contributed by atoms with Crippen LogP contribution in [0.4, 0.5) is 5.69 Å². The number of hydrogen-bond donors (Lipinski definition) is 0. The second-order valence-electron chi connectivity index (χ2n) is 6.46. The second kappa shape index (κ2) is 6.97. The number of benzene rings is 2. The van der Waals surface area contributed by atoms with E-state index in [1.165, 1.54) is 0 Å². The standard InChI is InChI=1S/C20H18BrClN2O2/c1-13-17-11-14(21)5-6-18(17)26-19(13)20(25)24-9-7-23(8-10-24)16-4-2-3-15(22)12-16/h2-6,11-12H,7-10H2,1H3. The zero-order valence-electron chi connectivity index (χ0n) is 14.3. The Kier molecular flexibility index (Phi) is 4.67. The Labute approximate surface area is 165 Å². The quantitative estimate of drug-likeness (QED) is 0.563. The Morgan fingerprint density at radius 1 is 1.12 bits per heavy atom. The minimum Gasteiger partial charge on any atom is -0.451 e. The first-order valence-electron chi connectivity index (χ1n) is 8.51. The van der Waals surface area contributed by atoms with Crippen LogP contribution in [0.2, 0.25) is 5.02 Å². The Morgan fingerprint density at radius 3 is 2.62 bits per heavy atom. The van der Waals surface area contributed by atoms with Gasteiger partial charge in [0.2, 0.25) is 0 Å². The number of hydrogen-bond acceptors (Lipinski definition) is 3. The summed E-state index contributed by atoms with van der Waals surface area (Å²) in [6, 6.07) is 13.6. The third-order valence-corrected chi connectivity index (χ3v) is 5.56. The SMILES string of the molecule is Cc1c(C(=O)N2CCN(c3cccc(Cl)c3)CC2)oc2ccc(Br)cc12. The van der Waals surface area contributed by atoms with E-state index in [1.807, 2.05) is 54.3 Å². The van der Waals surface area contributed by atoms with Crippen LogP contribution < -0.4 is 4.90 Å². The molecule has 0 unspecified atom stereocenters. The molecule has 1 fully saturated rings. The van der Waals surface area contributed by atoms with Gasteiger partial charge in [-0.3, -0.25) is 4.79 Å². The van der Waals surface area contributed by atoms with Crippen LogP contribution in [-0.4, -0.2) is 37.0 Å². The van der Waals surface area contributed by atoms with Crippen molar-refractivity contribution < 1.29 is 9.21 Å². The van der Waals surface area contributed by atoms with Crippen molar-refractivity contribution in [2.45, 2.75) is 6.92 Å². The predicted octanol–water partition coefficient (Wildman–Crippen LogP) is 5.12. The maximum Gasteiger partial charge on any atom is 0.290 e. The molecule has 0 N–H and O–H groups in total. The lowest BCUT2D eigenvalue weighted by atomic mass is 10.1. The highest BCUT2D eigenvalue weighted by atomic mass is 79.9. The number of aryl methyl sites for hydroxylation is 1. The molecular formula is C20H18BrClN2O2. The van der Waals surface area contributed by atoms with E-state index in [0.29, 0.717) is 18.8 Å². The first-order chi connectivity index (χ1) is 12.5. The van der Waals surface area contributed by atoms with Gasteiger partial charge in [0, 0.05) is 52.3 Å². The molecule has 1 amide bonds. The first kappa shape index (κ1) is 17.4. The molecule has 4 nitrogen and oxygen atoms in total. The highest BCUT2D eigenvalue weighted by Gasteiger charge is 2.26. The maximum absolute atomic E-state index is 13.0. The van der Waals surface area contributed by atoms with Gasteiger partial charge in [0.15, 0.2) is 5.76 Å². The summed E-state index contributed by atoms with van der Waals surface area (Å²) in [6.07, 6.45) is 0. The van der Waals surface area contributed by atoms with Gasteiger partial charge in [0.1, 0.15) is 5.58 Å². The molecule has 1 aromatic heterocycles. The van der Waals surface area contributed by atoms with Gasteiger partial charge >= 0.3 is 0 Å². The average Bonchev–Trinajstić information content (AvgIpc) is 2.97. The van der Waals surface area contributed by atoms with Crippen LogP contribution in [0, 0.1) is 6.92 Å². The van der Waals surface area contributed by atoms with E-state index < -0.39 is 0 Å². The largest absolute Gasteiger partial charge is 0.451 e. The van der Waals surface area contributed by atoms with Crippen molar-refractivity contribution in [1.29, 1.82) is 0 Å². The van der Waals surface area contributed by atoms with Crippen LogP contribution in [0.1, 0.15) is 16.1 Å². The van der Waals surface area contributed by atoms with Gasteiger partial charge in [-0.25, -0.2) is 0 Å². The molecule has 0 saturated carbocycles. The summed E-state index contributed by atoms with van der Waals surface area (Å²) in [7, 11) is 0. The van der Waals surface area contributed by atoms with Gasteiger partial charge in [-0.15, -0.1) is 0 Å². The minimum atomic E-state index is -0.0411. The molecule has 26 heavy (non-hydrogen) atoms. The van der Waals surface area contributed by atoms with E-state index in [1.54, 1.807) is 0 Å². The van der Waals surface area contributed by atoms with Gasteiger partial charge in [-0.1, -0.05) is 33.6 Å². The average molecular weight is 434 g/mol. The molecule has 1 aliphatic rings. The highest BCUT2D eigenvalue weighted by molar-refractivity contribution is 9.10. The van der Waals surface area contributed by atoms with E-state index in [0.717, 1.165) is 44.8 Å². The van der Waals surface area contributed by atoms with Gasteiger partial charge in [-0.2, -0.15) is 0 Å². The third kappa shape index (κ3) is 3.21. The second-order valence-corrected chi connectivity index (χ2v) is 7.81. The van der Waals surface area contributed by atoms with Crippen molar-refractivity contribution in [2.24, 2.45) is 0 Å². The number of nitrogens with zero attached hydrogens (tertiary/aromatic N) is 2. The normalized spacial score (nSPS) is 14.9. The van der Waals surface area contributed by atoms with Crippen LogP contribution in [0.3, 0.4) is 0 Å². The Hall–Kier alpha value is -1.98. The lowest BCUT2D eigenvalue weighted by molar-refractivity contribution is 0.0716. The topological polar surface area (TPSA) is 36.7 Å². The monoisotopic (exact) mass is 432 g/mol. The number of piperazine rings is 1. The van der Waals surface area contributed by atoms with Gasteiger partial charge in [0.25, 0.3) is 5.91 Å². The number of carbonyl (C=O) groups excluding carboxylic acids is 1. The molecule has 134 valence electrons. The van der Waals surface area contributed by atoms with Crippen LogP contribution in [0.25, 0.3) is 11.0 Å². The van der Waals surface area contributed by atoms with Crippen LogP contribution in [0.15, 0.2) is 51.4 Å². The number of amides is 1. The third-order valence-electron chi connectivity index (χ3n) is 4.83. The van der Waals surface area contributed by atoms with E-state index in [4.69, 9.17) is 16.0 Å². The molecule has 1 aliphatic heterocycles. The van der Waals surface area contributed by atoms with Crippen molar-refractivity contribution in [1.82, 2.24) is 4.90 Å². The van der Waals surface area contributed by atoms with Crippen molar-refractivity contribution in [3.63, 3.8) is 0 Å². The molecule has 0 atom stereocenters. The lowest BCUT2D eigenvalue weighted by Gasteiger charge is -2.35. The molecule has 0 radical (unpaired) electrons. The smallest absolute Gasteiger partial charge is 0.290 e. The summed E-state index contributed by atoms with van der Waals surface area (Å²) in [6.45, 7) is 4.80. The number of carbonyl (C=O) groups is 1. The van der Waals surface area contributed by atoms with Gasteiger partial charge < -0.3 is 14.2 Å². The number of fused-ring (bicyclic) bond motifs is 1. The van der Waals surface area contributed by atoms with Crippen molar-refractivity contribution in [3.05, 3.63) is 63.3 Å². The van der Waals surface area contributed by atoms with Crippen LogP contribution >= 0.6 is 27.5 Å². The molecule has 0 spiro atoms. The zero-order chi connectivity index (χ0) is 18.3. The molecule has 6 heteroatoms. The van der Waals surface area contributed by atoms with Gasteiger partial charge in [0.05, 0.1) is 0 Å². The fraction of sp³-hybridized carbons (Fsp3) is 0.250. The molecule has 2 heterocycles. The molecule has 4 rings (SSSR count). The maximum atomic E-state index is 13.0. The fourth-order valence-electron chi connectivity index (χ4n) is 3.38. The summed E-state index contributed by atoms with van der Waals surface area (Å²) in [4.78, 5) is 17.1. The molecule has 2 aromatic carbocycles. The number of halogens is 2. The van der Waals surface area contributed by atoms with E-state index in [9.17, 15) is 4.79 Å². The van der Waals surface area contributed by atoms with E-state index >= 15 is 0 Å². The van der Waals surface area contributed by atoms with Crippen LogP contribution in [-0.2, 0) is 0 Å². The molecule has 1 saturated heterocycles. The number of rotatable bonds is 2. The predicted molar refractivity (Wildman–Crippen MR) is 108 cm³/mol. The van der Waals surface area contributed by atoms with Crippen molar-refractivity contribution >= 4 is 50.1 Å². The summed E-state index contributed by atoms with van der Waals surface area (Å²) in [5.74, 6) is 0.398. The summed E-state index contributed by atoms with van der Waals surface area (Å²) < 4.78 is 6.83. The first-order valence-corrected chi connectivity index (χ1v) is 9.68. The van der Waals surface area contributed by atoms with Gasteiger partial charge in [-0.05, 0) is 43.3 Å². The summed E-state index contributed by atoms with van der Waals surface area (Å²) >= 11 is 9.55. The van der Waals surface area contributed by atoms with E-state index in [2.05, 4.69) is 20.8 Å². The summed E-state index contributed by atoms with van der Waals surface area (Å²) in [5, 5.41) is 1.70.